The van der Waals surface area contributed by atoms with Gasteiger partial charge < -0.3 is 0 Å². The van der Waals surface area contributed by atoms with E-state index in [0.717, 1.165) is 5.88 Å². The van der Waals surface area contributed by atoms with Crippen molar-refractivity contribution in [1.29, 1.82) is 0 Å². The predicted molar refractivity (Wildman–Crippen MR) is 80.5 cm³/mol. The SMILES string of the molecule is CSc1cccc2c1SC[N+](c1ccccc1)=C2. The number of nitrogens with zero attached hydrogens (tertiary/aromatic N) is 1. The van der Waals surface area contributed by atoms with Gasteiger partial charge in [0.2, 0.25) is 5.69 Å². The van der Waals surface area contributed by atoms with Crippen LogP contribution in [0.3, 0.4) is 0 Å². The van der Waals surface area contributed by atoms with Crippen LogP contribution in [0.2, 0.25) is 0 Å². The quantitative estimate of drug-likeness (QED) is 0.594. The molecule has 2 aromatic carbocycles. The molecule has 0 aromatic heterocycles. The van der Waals surface area contributed by atoms with Crippen molar-refractivity contribution in [2.24, 2.45) is 0 Å². The summed E-state index contributed by atoms with van der Waals surface area (Å²) in [5.41, 5.74) is 2.58. The molecule has 0 radical (unpaired) electrons. The zero-order chi connectivity index (χ0) is 12.4. The molecule has 0 spiro atoms. The highest BCUT2D eigenvalue weighted by atomic mass is 32.2. The molecular weight excluding hydrogens is 258 g/mol. The highest BCUT2D eigenvalue weighted by molar-refractivity contribution is 8.02. The Morgan fingerprint density at radius 2 is 1.89 bits per heavy atom. The molecule has 0 saturated heterocycles. The second kappa shape index (κ2) is 5.21. The molecule has 3 rings (SSSR count). The summed E-state index contributed by atoms with van der Waals surface area (Å²) in [6.07, 6.45) is 4.39. The van der Waals surface area contributed by atoms with Gasteiger partial charge in [-0.1, -0.05) is 36.0 Å². The monoisotopic (exact) mass is 272 g/mol. The summed E-state index contributed by atoms with van der Waals surface area (Å²) in [5.74, 6) is 0.981. The van der Waals surface area contributed by atoms with Crippen molar-refractivity contribution < 1.29 is 4.58 Å². The zero-order valence-corrected chi connectivity index (χ0v) is 11.8. The molecule has 0 N–H and O–H groups in total. The summed E-state index contributed by atoms with van der Waals surface area (Å²) in [7, 11) is 0. The Kier molecular flexibility index (Phi) is 3.43. The van der Waals surface area contributed by atoms with Crippen molar-refractivity contribution >= 4 is 35.4 Å². The fourth-order valence-electron chi connectivity index (χ4n) is 2.06. The Labute approximate surface area is 116 Å². The van der Waals surface area contributed by atoms with Crippen LogP contribution in [0.25, 0.3) is 0 Å². The van der Waals surface area contributed by atoms with Gasteiger partial charge in [-0.25, -0.2) is 0 Å². The number of para-hydroxylation sites is 1. The van der Waals surface area contributed by atoms with E-state index in [4.69, 9.17) is 0 Å². The van der Waals surface area contributed by atoms with Crippen LogP contribution in [0, 0.1) is 0 Å². The fourth-order valence-corrected chi connectivity index (χ4v) is 3.99. The van der Waals surface area contributed by atoms with Gasteiger partial charge in [-0.15, -0.1) is 11.8 Å². The van der Waals surface area contributed by atoms with Gasteiger partial charge >= 0.3 is 0 Å². The molecule has 2 aromatic rings. The van der Waals surface area contributed by atoms with E-state index in [1.54, 1.807) is 0 Å². The summed E-state index contributed by atoms with van der Waals surface area (Å²) < 4.78 is 2.30. The van der Waals surface area contributed by atoms with Crippen LogP contribution in [-0.2, 0) is 0 Å². The van der Waals surface area contributed by atoms with E-state index in [0.29, 0.717) is 0 Å². The molecule has 90 valence electrons. The molecule has 0 aliphatic carbocycles. The molecule has 0 bridgehead atoms. The second-order valence-corrected chi connectivity index (χ2v) is 5.89. The molecule has 0 unspecified atom stereocenters. The minimum absolute atomic E-state index is 0.981. The normalized spacial score (nSPS) is 13.9. The van der Waals surface area contributed by atoms with E-state index in [-0.39, 0.29) is 0 Å². The van der Waals surface area contributed by atoms with Crippen molar-refractivity contribution in [3.8, 4) is 0 Å². The van der Waals surface area contributed by atoms with Crippen LogP contribution in [0.15, 0.2) is 58.3 Å². The number of thioether (sulfide) groups is 2. The molecule has 0 amide bonds. The summed E-state index contributed by atoms with van der Waals surface area (Å²) in [6, 6.07) is 17.1. The average molecular weight is 272 g/mol. The van der Waals surface area contributed by atoms with Crippen LogP contribution < -0.4 is 0 Å². The first kappa shape index (κ1) is 11.9. The lowest BCUT2D eigenvalue weighted by Crippen LogP contribution is -2.12. The van der Waals surface area contributed by atoms with E-state index in [2.05, 4.69) is 65.6 Å². The van der Waals surface area contributed by atoms with Crippen molar-refractivity contribution in [2.75, 3.05) is 12.1 Å². The van der Waals surface area contributed by atoms with E-state index < -0.39 is 0 Å². The first-order valence-corrected chi connectivity index (χ1v) is 8.06. The van der Waals surface area contributed by atoms with Gasteiger partial charge in [0.1, 0.15) is 0 Å². The Hall–Kier alpha value is -1.19. The van der Waals surface area contributed by atoms with Gasteiger partial charge in [-0.2, -0.15) is 4.58 Å². The van der Waals surface area contributed by atoms with E-state index in [1.807, 2.05) is 23.5 Å². The highest BCUT2D eigenvalue weighted by Crippen LogP contribution is 2.35. The van der Waals surface area contributed by atoms with Gasteiger partial charge in [0.05, 0.1) is 5.56 Å². The molecule has 0 saturated carbocycles. The topological polar surface area (TPSA) is 3.01 Å². The van der Waals surface area contributed by atoms with Gasteiger partial charge in [0, 0.05) is 21.9 Å². The lowest BCUT2D eigenvalue weighted by atomic mass is 10.2. The summed E-state index contributed by atoms with van der Waals surface area (Å²) in [5, 5.41) is 0. The number of fused-ring (bicyclic) bond motifs is 1. The smallest absolute Gasteiger partial charge is 0.188 e. The molecular formula is C15H14NS2+. The Balaban J connectivity index is 2.04. The van der Waals surface area contributed by atoms with Crippen LogP contribution in [0.1, 0.15) is 5.56 Å². The van der Waals surface area contributed by atoms with Gasteiger partial charge in [-0.05, 0) is 18.4 Å². The first-order chi connectivity index (χ1) is 8.88. The number of hydrogen-bond donors (Lipinski definition) is 0. The van der Waals surface area contributed by atoms with E-state index in [1.165, 1.54) is 21.0 Å². The minimum Gasteiger partial charge on any atom is -0.188 e. The van der Waals surface area contributed by atoms with Gasteiger partial charge in [-0.3, -0.25) is 0 Å². The lowest BCUT2D eigenvalue weighted by molar-refractivity contribution is -0.411. The maximum atomic E-state index is 2.30. The average Bonchev–Trinajstić information content (AvgIpc) is 2.47. The summed E-state index contributed by atoms with van der Waals surface area (Å²) >= 11 is 3.74. The summed E-state index contributed by atoms with van der Waals surface area (Å²) in [6.45, 7) is 0. The highest BCUT2D eigenvalue weighted by Gasteiger charge is 2.20. The molecule has 1 aliphatic heterocycles. The van der Waals surface area contributed by atoms with Crippen molar-refractivity contribution in [3.05, 3.63) is 54.1 Å². The molecule has 1 aliphatic rings. The van der Waals surface area contributed by atoms with Crippen molar-refractivity contribution in [3.63, 3.8) is 0 Å². The Bertz CT molecular complexity index is 591. The standard InChI is InChI=1S/C15H14NS2/c1-17-14-9-5-6-12-10-16(11-18-15(12)14)13-7-3-2-4-8-13/h2-10H,11H2,1H3/q+1. The fraction of sp³-hybridized carbons (Fsp3) is 0.133. The Morgan fingerprint density at radius 1 is 1.06 bits per heavy atom. The van der Waals surface area contributed by atoms with Crippen LogP contribution in [0.5, 0.6) is 0 Å². The van der Waals surface area contributed by atoms with Crippen LogP contribution >= 0.6 is 23.5 Å². The van der Waals surface area contributed by atoms with Crippen molar-refractivity contribution in [1.82, 2.24) is 0 Å². The van der Waals surface area contributed by atoms with E-state index >= 15 is 0 Å². The molecule has 0 fully saturated rings. The lowest BCUT2D eigenvalue weighted by Gasteiger charge is -2.14. The van der Waals surface area contributed by atoms with Crippen LogP contribution in [0.4, 0.5) is 5.69 Å². The van der Waals surface area contributed by atoms with Gasteiger partial charge in [0.25, 0.3) is 0 Å². The molecule has 3 heteroatoms. The third-order valence-corrected chi connectivity index (χ3v) is 5.02. The molecule has 1 heterocycles. The maximum Gasteiger partial charge on any atom is 0.205 e. The number of benzene rings is 2. The van der Waals surface area contributed by atoms with Crippen LogP contribution in [-0.4, -0.2) is 22.9 Å². The second-order valence-electron chi connectivity index (χ2n) is 4.09. The summed E-state index contributed by atoms with van der Waals surface area (Å²) in [4.78, 5) is 2.79. The first-order valence-electron chi connectivity index (χ1n) is 5.85. The third kappa shape index (κ3) is 2.20. The third-order valence-electron chi connectivity index (χ3n) is 2.96. The zero-order valence-electron chi connectivity index (χ0n) is 10.2. The molecule has 0 atom stereocenters. The number of hydrogen-bond acceptors (Lipinski definition) is 2. The predicted octanol–water partition coefficient (Wildman–Crippen LogP) is 4.23. The molecule has 18 heavy (non-hydrogen) atoms. The molecule has 1 nitrogen and oxygen atoms in total. The largest absolute Gasteiger partial charge is 0.205 e. The van der Waals surface area contributed by atoms with Gasteiger partial charge in [0.15, 0.2) is 12.1 Å². The van der Waals surface area contributed by atoms with Crippen molar-refractivity contribution in [2.45, 2.75) is 9.79 Å². The minimum atomic E-state index is 0.981. The maximum absolute atomic E-state index is 2.30. The van der Waals surface area contributed by atoms with E-state index in [9.17, 15) is 0 Å². The number of rotatable bonds is 2. The Morgan fingerprint density at radius 3 is 2.67 bits per heavy atom.